The molecule has 0 spiro atoms. The zero-order chi connectivity index (χ0) is 21.6. The third-order valence-electron chi connectivity index (χ3n) is 4.35. The van der Waals surface area contributed by atoms with Gasteiger partial charge in [-0.15, -0.1) is 21.5 Å². The fourth-order valence-corrected chi connectivity index (χ4v) is 4.28. The fraction of sp³-hybridized carbons (Fsp3) is 0.190. The topological polar surface area (TPSA) is 100 Å². The molecule has 0 fully saturated rings. The molecule has 0 radical (unpaired) electrons. The van der Waals surface area contributed by atoms with Crippen molar-refractivity contribution in [2.75, 3.05) is 18.3 Å². The van der Waals surface area contributed by atoms with E-state index >= 15 is 0 Å². The van der Waals surface area contributed by atoms with Crippen molar-refractivity contribution in [2.24, 2.45) is 0 Å². The van der Waals surface area contributed by atoms with Crippen LogP contribution in [0.1, 0.15) is 17.1 Å². The van der Waals surface area contributed by atoms with Gasteiger partial charge in [0.2, 0.25) is 5.16 Å². The third kappa shape index (κ3) is 5.47. The van der Waals surface area contributed by atoms with Crippen molar-refractivity contribution in [1.82, 2.24) is 19.9 Å². The quantitative estimate of drug-likeness (QED) is 0.284. The Bertz CT molecular complexity index is 1140. The summed E-state index contributed by atoms with van der Waals surface area (Å²) in [4.78, 5) is 4.62. The molecule has 4 rings (SSSR count). The van der Waals surface area contributed by atoms with E-state index in [-0.39, 0.29) is 6.61 Å². The van der Waals surface area contributed by atoms with Gasteiger partial charge in [-0.3, -0.25) is 0 Å². The van der Waals surface area contributed by atoms with Crippen molar-refractivity contribution < 1.29 is 9.47 Å². The Kier molecular flexibility index (Phi) is 6.58. The molecular formula is C21H22N6O2S2. The molecule has 3 N–H and O–H groups in total. The van der Waals surface area contributed by atoms with Crippen molar-refractivity contribution in [2.45, 2.75) is 24.4 Å². The van der Waals surface area contributed by atoms with Crippen LogP contribution in [-0.4, -0.2) is 27.0 Å². The Morgan fingerprint density at radius 2 is 1.94 bits per heavy atom. The van der Waals surface area contributed by atoms with E-state index in [0.717, 1.165) is 22.3 Å². The number of benzene rings is 2. The van der Waals surface area contributed by atoms with Crippen LogP contribution in [0.2, 0.25) is 0 Å². The number of thiazole rings is 1. The minimum atomic E-state index is 0.207. The second-order valence-electron chi connectivity index (χ2n) is 6.66. The number of aryl methyl sites for hydroxylation is 1. The van der Waals surface area contributed by atoms with E-state index in [9.17, 15) is 0 Å². The van der Waals surface area contributed by atoms with E-state index < -0.39 is 0 Å². The maximum absolute atomic E-state index is 6.14. The van der Waals surface area contributed by atoms with Gasteiger partial charge < -0.3 is 20.6 Å². The Balaban J connectivity index is 1.31. The van der Waals surface area contributed by atoms with E-state index in [1.807, 2.05) is 35.7 Å². The lowest BCUT2D eigenvalue weighted by atomic mass is 10.2. The minimum Gasteiger partial charge on any atom is -0.497 e. The summed E-state index contributed by atoms with van der Waals surface area (Å²) in [7, 11) is 1.61. The SMILES string of the molecule is COc1cccc(OCc2nnc(SCc3csc(Nc4ccc(C)cc4)n3)n2N)c1. The predicted octanol–water partition coefficient (Wildman–Crippen LogP) is 4.38. The first kappa shape index (κ1) is 21.0. The zero-order valence-electron chi connectivity index (χ0n) is 17.1. The Labute approximate surface area is 188 Å². The van der Waals surface area contributed by atoms with Gasteiger partial charge in [0.05, 0.1) is 12.8 Å². The highest BCUT2D eigenvalue weighted by molar-refractivity contribution is 7.98. The number of rotatable bonds is 9. The van der Waals surface area contributed by atoms with Gasteiger partial charge in [0, 0.05) is 22.9 Å². The van der Waals surface area contributed by atoms with Gasteiger partial charge in [-0.05, 0) is 31.2 Å². The van der Waals surface area contributed by atoms with E-state index in [4.69, 9.17) is 15.3 Å². The van der Waals surface area contributed by atoms with Gasteiger partial charge in [0.15, 0.2) is 11.0 Å². The molecule has 0 aliphatic carbocycles. The van der Waals surface area contributed by atoms with Gasteiger partial charge in [-0.2, -0.15) is 0 Å². The van der Waals surface area contributed by atoms with E-state index in [1.165, 1.54) is 22.0 Å². The molecular weight excluding hydrogens is 432 g/mol. The molecule has 0 aliphatic heterocycles. The summed E-state index contributed by atoms with van der Waals surface area (Å²) in [6.07, 6.45) is 0. The summed E-state index contributed by atoms with van der Waals surface area (Å²) in [5.74, 6) is 8.71. The fourth-order valence-electron chi connectivity index (χ4n) is 2.67. The lowest BCUT2D eigenvalue weighted by Crippen LogP contribution is -2.15. The molecule has 0 bridgehead atoms. The molecule has 31 heavy (non-hydrogen) atoms. The van der Waals surface area contributed by atoms with Crippen molar-refractivity contribution in [3.8, 4) is 11.5 Å². The first-order valence-electron chi connectivity index (χ1n) is 9.48. The van der Waals surface area contributed by atoms with Crippen LogP contribution >= 0.6 is 23.1 Å². The molecule has 0 saturated carbocycles. The monoisotopic (exact) mass is 454 g/mol. The molecule has 10 heteroatoms. The second kappa shape index (κ2) is 9.71. The largest absolute Gasteiger partial charge is 0.497 e. The number of nitrogen functional groups attached to an aromatic ring is 1. The lowest BCUT2D eigenvalue weighted by Gasteiger charge is -2.07. The van der Waals surface area contributed by atoms with Crippen LogP contribution in [0.25, 0.3) is 0 Å². The first-order valence-corrected chi connectivity index (χ1v) is 11.3. The van der Waals surface area contributed by atoms with E-state index in [0.29, 0.717) is 22.5 Å². The van der Waals surface area contributed by atoms with Gasteiger partial charge in [0.25, 0.3) is 0 Å². The van der Waals surface area contributed by atoms with E-state index in [1.54, 1.807) is 24.5 Å². The maximum atomic E-state index is 6.14. The number of hydrogen-bond donors (Lipinski definition) is 2. The molecule has 0 amide bonds. The summed E-state index contributed by atoms with van der Waals surface area (Å²) >= 11 is 3.04. The van der Waals surface area contributed by atoms with Crippen molar-refractivity contribution >= 4 is 33.9 Å². The molecule has 0 atom stereocenters. The molecule has 8 nitrogen and oxygen atoms in total. The smallest absolute Gasteiger partial charge is 0.210 e. The van der Waals surface area contributed by atoms with Crippen LogP contribution in [0, 0.1) is 6.92 Å². The van der Waals surface area contributed by atoms with Gasteiger partial charge >= 0.3 is 0 Å². The van der Waals surface area contributed by atoms with Crippen molar-refractivity contribution in [3.05, 3.63) is 71.0 Å². The van der Waals surface area contributed by atoms with Crippen LogP contribution < -0.4 is 20.6 Å². The highest BCUT2D eigenvalue weighted by Crippen LogP contribution is 2.26. The molecule has 2 aromatic heterocycles. The summed E-state index contributed by atoms with van der Waals surface area (Å²) in [6.45, 7) is 2.27. The summed E-state index contributed by atoms with van der Waals surface area (Å²) in [5.41, 5.74) is 3.18. The van der Waals surface area contributed by atoms with Gasteiger partial charge in [-0.25, -0.2) is 9.66 Å². The number of ether oxygens (including phenoxy) is 2. The number of aromatic nitrogens is 4. The lowest BCUT2D eigenvalue weighted by molar-refractivity contribution is 0.289. The Hall–Kier alpha value is -3.24. The van der Waals surface area contributed by atoms with Crippen LogP contribution in [0.4, 0.5) is 10.8 Å². The number of nitrogens with two attached hydrogens (primary N) is 1. The van der Waals surface area contributed by atoms with Gasteiger partial charge in [-0.1, -0.05) is 35.5 Å². The third-order valence-corrected chi connectivity index (χ3v) is 6.13. The number of thioether (sulfide) groups is 1. The van der Waals surface area contributed by atoms with Crippen LogP contribution in [-0.2, 0) is 12.4 Å². The second-order valence-corrected chi connectivity index (χ2v) is 8.46. The number of nitrogens with zero attached hydrogens (tertiary/aromatic N) is 4. The maximum Gasteiger partial charge on any atom is 0.210 e. The summed E-state index contributed by atoms with van der Waals surface area (Å²) < 4.78 is 12.4. The predicted molar refractivity (Wildman–Crippen MR) is 124 cm³/mol. The molecule has 2 aromatic carbocycles. The van der Waals surface area contributed by atoms with Crippen molar-refractivity contribution in [3.63, 3.8) is 0 Å². The van der Waals surface area contributed by atoms with Crippen molar-refractivity contribution in [1.29, 1.82) is 0 Å². The standard InChI is InChI=1S/C21H22N6O2S2/c1-14-6-8-15(9-7-14)23-20-24-16(12-30-20)13-31-21-26-25-19(27(21)22)11-29-18-5-3-4-17(10-18)28-2/h3-10,12H,11,13,22H2,1-2H3,(H,23,24). The average Bonchev–Trinajstić information content (AvgIpc) is 3.38. The average molecular weight is 455 g/mol. The van der Waals surface area contributed by atoms with Crippen LogP contribution in [0.15, 0.2) is 59.1 Å². The first-order chi connectivity index (χ1) is 15.1. The molecule has 0 saturated heterocycles. The van der Waals surface area contributed by atoms with Crippen LogP contribution in [0.3, 0.4) is 0 Å². The summed E-state index contributed by atoms with van der Waals surface area (Å²) in [6, 6.07) is 15.6. The number of nitrogens with one attached hydrogen (secondary N) is 1. The highest BCUT2D eigenvalue weighted by Gasteiger charge is 2.12. The zero-order valence-corrected chi connectivity index (χ0v) is 18.7. The minimum absolute atomic E-state index is 0.207. The number of anilines is 2. The normalized spacial score (nSPS) is 10.8. The number of methoxy groups -OCH3 is 1. The molecule has 160 valence electrons. The molecule has 0 aliphatic rings. The number of hydrogen-bond acceptors (Lipinski definition) is 9. The molecule has 2 heterocycles. The van der Waals surface area contributed by atoms with E-state index in [2.05, 4.69) is 39.6 Å². The summed E-state index contributed by atoms with van der Waals surface area (Å²) in [5, 5.41) is 15.1. The van der Waals surface area contributed by atoms with Gasteiger partial charge in [0.1, 0.15) is 18.1 Å². The van der Waals surface area contributed by atoms with Crippen LogP contribution in [0.5, 0.6) is 11.5 Å². The Morgan fingerprint density at radius 3 is 2.74 bits per heavy atom. The molecule has 4 aromatic rings. The molecule has 0 unspecified atom stereocenters. The highest BCUT2D eigenvalue weighted by atomic mass is 32.2. The Morgan fingerprint density at radius 1 is 1.13 bits per heavy atom.